The van der Waals surface area contributed by atoms with Crippen molar-refractivity contribution >= 4 is 0 Å². The highest BCUT2D eigenvalue weighted by atomic mass is 16.3. The van der Waals surface area contributed by atoms with Crippen LogP contribution in [-0.2, 0) is 0 Å². The first-order valence-corrected chi connectivity index (χ1v) is 4.72. The summed E-state index contributed by atoms with van der Waals surface area (Å²) < 4.78 is 0. The molecule has 4 unspecified atom stereocenters. The molecule has 76 valence electrons. The number of aliphatic hydroxyl groups is 2. The first kappa shape index (κ1) is 9.58. The van der Waals surface area contributed by atoms with Gasteiger partial charge >= 0.3 is 0 Å². The Morgan fingerprint density at radius 3 is 2.71 bits per heavy atom. The first-order valence-electron chi connectivity index (χ1n) is 4.72. The summed E-state index contributed by atoms with van der Waals surface area (Å²) >= 11 is 0. The Kier molecular flexibility index (Phi) is 2.50. The highest BCUT2D eigenvalue weighted by molar-refractivity contribution is 5.21. The molecule has 1 saturated carbocycles. The molecule has 0 saturated heterocycles. The predicted molar refractivity (Wildman–Crippen MR) is 51.6 cm³/mol. The second-order valence-electron chi connectivity index (χ2n) is 3.76. The summed E-state index contributed by atoms with van der Waals surface area (Å²) in [5, 5.41) is 19.0. The van der Waals surface area contributed by atoms with Crippen LogP contribution in [0.2, 0.25) is 0 Å². The van der Waals surface area contributed by atoms with E-state index in [4.69, 9.17) is 5.73 Å². The van der Waals surface area contributed by atoms with Crippen LogP contribution in [-0.4, -0.2) is 33.4 Å². The molecule has 1 heterocycles. The van der Waals surface area contributed by atoms with E-state index in [1.807, 2.05) is 12.1 Å². The standard InChI is InChI=1S/C10H14N2O2/c11-9-7(4-8(13)10(9)14)6-2-1-3-12-5-6/h1-3,5,7-10,13-14H,4,11H2. The molecular weight excluding hydrogens is 180 g/mol. The van der Waals surface area contributed by atoms with Gasteiger partial charge in [-0.1, -0.05) is 6.07 Å². The number of nitrogens with zero attached hydrogens (tertiary/aromatic N) is 1. The maximum Gasteiger partial charge on any atom is 0.0955 e. The molecule has 0 spiro atoms. The fourth-order valence-electron chi connectivity index (χ4n) is 2.00. The van der Waals surface area contributed by atoms with Gasteiger partial charge in [-0.2, -0.15) is 0 Å². The average Bonchev–Trinajstić information content (AvgIpc) is 2.47. The molecule has 4 heteroatoms. The van der Waals surface area contributed by atoms with E-state index in [-0.39, 0.29) is 5.92 Å². The second kappa shape index (κ2) is 3.65. The van der Waals surface area contributed by atoms with Crippen LogP contribution in [0.15, 0.2) is 24.5 Å². The summed E-state index contributed by atoms with van der Waals surface area (Å²) in [4.78, 5) is 3.99. The Hall–Kier alpha value is -0.970. The lowest BCUT2D eigenvalue weighted by atomic mass is 9.96. The molecule has 1 aliphatic carbocycles. The van der Waals surface area contributed by atoms with Crippen molar-refractivity contribution in [3.05, 3.63) is 30.1 Å². The van der Waals surface area contributed by atoms with Gasteiger partial charge < -0.3 is 15.9 Å². The third-order valence-corrected chi connectivity index (χ3v) is 2.86. The van der Waals surface area contributed by atoms with Gasteiger partial charge in [-0.15, -0.1) is 0 Å². The molecule has 0 amide bonds. The minimum atomic E-state index is -0.819. The Morgan fingerprint density at radius 2 is 2.21 bits per heavy atom. The molecule has 4 nitrogen and oxygen atoms in total. The molecule has 4 atom stereocenters. The van der Waals surface area contributed by atoms with Crippen LogP contribution in [0.1, 0.15) is 17.9 Å². The van der Waals surface area contributed by atoms with Gasteiger partial charge in [0.2, 0.25) is 0 Å². The van der Waals surface area contributed by atoms with Crippen LogP contribution >= 0.6 is 0 Å². The van der Waals surface area contributed by atoms with E-state index < -0.39 is 18.2 Å². The largest absolute Gasteiger partial charge is 0.390 e. The van der Waals surface area contributed by atoms with Crippen molar-refractivity contribution < 1.29 is 10.2 Å². The summed E-state index contributed by atoms with van der Waals surface area (Å²) in [7, 11) is 0. The fourth-order valence-corrected chi connectivity index (χ4v) is 2.00. The molecule has 1 aromatic rings. The number of aromatic nitrogens is 1. The maximum absolute atomic E-state index is 9.50. The van der Waals surface area contributed by atoms with Crippen molar-refractivity contribution in [1.82, 2.24) is 4.98 Å². The molecule has 1 aromatic heterocycles. The second-order valence-corrected chi connectivity index (χ2v) is 3.76. The van der Waals surface area contributed by atoms with Gasteiger partial charge in [0.15, 0.2) is 0 Å². The summed E-state index contributed by atoms with van der Waals surface area (Å²) in [5.41, 5.74) is 6.79. The molecular formula is C10H14N2O2. The van der Waals surface area contributed by atoms with E-state index in [1.165, 1.54) is 0 Å². The van der Waals surface area contributed by atoms with Crippen LogP contribution in [0.5, 0.6) is 0 Å². The zero-order chi connectivity index (χ0) is 10.1. The molecule has 0 radical (unpaired) electrons. The lowest BCUT2D eigenvalue weighted by Crippen LogP contribution is -2.37. The number of pyridine rings is 1. The molecule has 4 N–H and O–H groups in total. The van der Waals surface area contributed by atoms with E-state index in [0.717, 1.165) is 5.56 Å². The van der Waals surface area contributed by atoms with E-state index in [1.54, 1.807) is 12.4 Å². The van der Waals surface area contributed by atoms with Gasteiger partial charge in [-0.25, -0.2) is 0 Å². The molecule has 0 aromatic carbocycles. The van der Waals surface area contributed by atoms with E-state index >= 15 is 0 Å². The monoisotopic (exact) mass is 194 g/mol. The Labute approximate surface area is 82.4 Å². The van der Waals surface area contributed by atoms with Crippen molar-refractivity contribution in [3.63, 3.8) is 0 Å². The number of aliphatic hydroxyl groups excluding tert-OH is 2. The topological polar surface area (TPSA) is 79.4 Å². The lowest BCUT2D eigenvalue weighted by Gasteiger charge is -2.16. The van der Waals surface area contributed by atoms with Gasteiger partial charge in [0, 0.05) is 24.4 Å². The molecule has 0 bridgehead atoms. The van der Waals surface area contributed by atoms with Crippen molar-refractivity contribution in [2.24, 2.45) is 5.73 Å². The minimum Gasteiger partial charge on any atom is -0.390 e. The van der Waals surface area contributed by atoms with Crippen molar-refractivity contribution in [1.29, 1.82) is 0 Å². The molecule has 14 heavy (non-hydrogen) atoms. The van der Waals surface area contributed by atoms with Crippen LogP contribution in [0.25, 0.3) is 0 Å². The summed E-state index contributed by atoms with van der Waals surface area (Å²) in [6.45, 7) is 0. The third kappa shape index (κ3) is 1.52. The maximum atomic E-state index is 9.50. The highest BCUT2D eigenvalue weighted by Crippen LogP contribution is 2.33. The fraction of sp³-hybridized carbons (Fsp3) is 0.500. The minimum absolute atomic E-state index is 0.00806. The molecule has 1 aliphatic rings. The van der Waals surface area contributed by atoms with Gasteiger partial charge in [0.05, 0.1) is 12.2 Å². The number of hydrogen-bond acceptors (Lipinski definition) is 4. The van der Waals surface area contributed by atoms with Gasteiger partial charge in [0.25, 0.3) is 0 Å². The molecule has 1 fully saturated rings. The van der Waals surface area contributed by atoms with Crippen LogP contribution in [0.3, 0.4) is 0 Å². The smallest absolute Gasteiger partial charge is 0.0955 e. The quantitative estimate of drug-likeness (QED) is 0.569. The molecule has 0 aliphatic heterocycles. The lowest BCUT2D eigenvalue weighted by molar-refractivity contribution is 0.0363. The van der Waals surface area contributed by atoms with Crippen LogP contribution in [0, 0.1) is 0 Å². The summed E-state index contributed by atoms with van der Waals surface area (Å²) in [5.74, 6) is 0.00806. The number of hydrogen-bond donors (Lipinski definition) is 3. The Morgan fingerprint density at radius 1 is 1.43 bits per heavy atom. The SMILES string of the molecule is NC1C(c2cccnc2)CC(O)C1O. The number of nitrogens with two attached hydrogens (primary N) is 1. The van der Waals surface area contributed by atoms with Crippen LogP contribution < -0.4 is 5.73 Å². The first-order chi connectivity index (χ1) is 6.70. The highest BCUT2D eigenvalue weighted by Gasteiger charge is 2.39. The van der Waals surface area contributed by atoms with E-state index in [2.05, 4.69) is 4.98 Å². The van der Waals surface area contributed by atoms with Gasteiger partial charge in [0.1, 0.15) is 0 Å². The summed E-state index contributed by atoms with van der Waals surface area (Å²) in [6, 6.07) is 3.36. The zero-order valence-electron chi connectivity index (χ0n) is 7.74. The van der Waals surface area contributed by atoms with E-state index in [0.29, 0.717) is 6.42 Å². The molecule has 2 rings (SSSR count). The predicted octanol–water partition coefficient (Wildman–Crippen LogP) is -0.382. The van der Waals surface area contributed by atoms with Gasteiger partial charge in [-0.05, 0) is 18.1 Å². The van der Waals surface area contributed by atoms with Crippen molar-refractivity contribution in [3.8, 4) is 0 Å². The van der Waals surface area contributed by atoms with Crippen LogP contribution in [0.4, 0.5) is 0 Å². The van der Waals surface area contributed by atoms with Gasteiger partial charge in [-0.3, -0.25) is 4.98 Å². The van der Waals surface area contributed by atoms with E-state index in [9.17, 15) is 10.2 Å². The van der Waals surface area contributed by atoms with Crippen molar-refractivity contribution in [2.75, 3.05) is 0 Å². The zero-order valence-corrected chi connectivity index (χ0v) is 7.74. The third-order valence-electron chi connectivity index (χ3n) is 2.86. The normalized spacial score (nSPS) is 37.4. The Balaban J connectivity index is 2.21. The number of rotatable bonds is 1. The average molecular weight is 194 g/mol. The Bertz CT molecular complexity index is 304. The van der Waals surface area contributed by atoms with Crippen molar-refractivity contribution in [2.45, 2.75) is 30.6 Å². The summed E-state index contributed by atoms with van der Waals surface area (Å²) in [6.07, 6.45) is 2.40.